The highest BCUT2D eigenvalue weighted by molar-refractivity contribution is 5.81. The maximum atomic E-state index is 9.81. The van der Waals surface area contributed by atoms with Crippen molar-refractivity contribution in [1.82, 2.24) is 14.8 Å². The summed E-state index contributed by atoms with van der Waals surface area (Å²) >= 11 is 0. The van der Waals surface area contributed by atoms with E-state index in [4.69, 9.17) is 4.98 Å². The van der Waals surface area contributed by atoms with Crippen molar-refractivity contribution in [2.75, 3.05) is 51.2 Å². The Balaban J connectivity index is 1.49. The zero-order chi connectivity index (χ0) is 17.2. The van der Waals surface area contributed by atoms with Crippen LogP contribution in [0.2, 0.25) is 0 Å². The van der Waals surface area contributed by atoms with Crippen molar-refractivity contribution in [3.05, 3.63) is 35.9 Å². The zero-order valence-corrected chi connectivity index (χ0v) is 15.1. The molecule has 0 saturated carbocycles. The third kappa shape index (κ3) is 3.50. The summed E-state index contributed by atoms with van der Waals surface area (Å²) in [6.45, 7) is 6.60. The molecular formula is C20H28N4O. The Labute approximate surface area is 149 Å². The number of aromatic nitrogens is 1. The molecule has 4 rings (SSSR count). The Hall–Kier alpha value is -1.69. The number of piperidine rings is 1. The third-order valence-electron chi connectivity index (χ3n) is 5.68. The minimum Gasteiger partial charge on any atom is -0.392 e. The van der Waals surface area contributed by atoms with Gasteiger partial charge in [-0.05, 0) is 38.6 Å². The summed E-state index contributed by atoms with van der Waals surface area (Å²) in [5.41, 5.74) is 1.94. The van der Waals surface area contributed by atoms with Crippen molar-refractivity contribution in [3.63, 3.8) is 0 Å². The molecular weight excluding hydrogens is 312 g/mol. The number of rotatable bonds is 3. The van der Waals surface area contributed by atoms with Crippen LogP contribution in [0.1, 0.15) is 18.4 Å². The van der Waals surface area contributed by atoms with E-state index >= 15 is 0 Å². The lowest BCUT2D eigenvalue weighted by atomic mass is 10.0. The average molecular weight is 340 g/mol. The van der Waals surface area contributed by atoms with Gasteiger partial charge in [-0.25, -0.2) is 4.98 Å². The third-order valence-corrected chi connectivity index (χ3v) is 5.68. The van der Waals surface area contributed by atoms with Crippen LogP contribution in [-0.2, 0) is 6.61 Å². The van der Waals surface area contributed by atoms with Gasteiger partial charge in [-0.1, -0.05) is 18.2 Å². The summed E-state index contributed by atoms with van der Waals surface area (Å²) in [7, 11) is 2.23. The van der Waals surface area contributed by atoms with Gasteiger partial charge in [-0.2, -0.15) is 0 Å². The van der Waals surface area contributed by atoms with E-state index in [0.717, 1.165) is 48.5 Å². The topological polar surface area (TPSA) is 42.8 Å². The molecule has 2 saturated heterocycles. The van der Waals surface area contributed by atoms with Gasteiger partial charge in [0.2, 0.25) is 0 Å². The molecule has 1 N–H and O–H groups in total. The minimum atomic E-state index is 0.0425. The number of aliphatic hydroxyl groups is 1. The number of nitrogens with zero attached hydrogens (tertiary/aromatic N) is 4. The van der Waals surface area contributed by atoms with Gasteiger partial charge in [0.05, 0.1) is 12.1 Å². The molecule has 1 aromatic carbocycles. The van der Waals surface area contributed by atoms with Crippen LogP contribution in [0.4, 0.5) is 5.82 Å². The molecule has 2 aliphatic heterocycles. The number of para-hydroxylation sites is 1. The maximum absolute atomic E-state index is 9.81. The van der Waals surface area contributed by atoms with Crippen molar-refractivity contribution >= 4 is 16.7 Å². The molecule has 2 fully saturated rings. The summed E-state index contributed by atoms with van der Waals surface area (Å²) in [5, 5.41) is 10.9. The van der Waals surface area contributed by atoms with E-state index < -0.39 is 0 Å². The van der Waals surface area contributed by atoms with Crippen LogP contribution in [0.25, 0.3) is 10.9 Å². The van der Waals surface area contributed by atoms with Crippen molar-refractivity contribution in [2.45, 2.75) is 25.5 Å². The molecule has 1 atom stereocenters. The number of likely N-dealkylation sites (N-methyl/N-ethyl adjacent to an activating group) is 1. The number of pyridine rings is 1. The highest BCUT2D eigenvalue weighted by Gasteiger charge is 2.28. The van der Waals surface area contributed by atoms with Crippen molar-refractivity contribution in [2.24, 2.45) is 0 Å². The van der Waals surface area contributed by atoms with Crippen molar-refractivity contribution < 1.29 is 5.11 Å². The minimum absolute atomic E-state index is 0.0425. The number of hydrogen-bond acceptors (Lipinski definition) is 5. The molecule has 3 heterocycles. The molecule has 2 aromatic rings. The second-order valence-corrected chi connectivity index (χ2v) is 7.40. The number of anilines is 1. The molecule has 5 heteroatoms. The van der Waals surface area contributed by atoms with Gasteiger partial charge >= 0.3 is 0 Å². The molecule has 5 nitrogen and oxygen atoms in total. The Morgan fingerprint density at radius 2 is 1.92 bits per heavy atom. The van der Waals surface area contributed by atoms with Gasteiger partial charge in [0.1, 0.15) is 5.82 Å². The summed E-state index contributed by atoms with van der Waals surface area (Å²) in [5.74, 6) is 0.960. The first kappa shape index (κ1) is 16.8. The Bertz CT molecular complexity index is 727. The first-order chi connectivity index (χ1) is 12.2. The van der Waals surface area contributed by atoms with E-state index in [1.165, 1.54) is 25.9 Å². The highest BCUT2D eigenvalue weighted by Crippen LogP contribution is 2.26. The molecule has 134 valence electrons. The zero-order valence-electron chi connectivity index (χ0n) is 15.1. The lowest BCUT2D eigenvalue weighted by molar-refractivity contribution is 0.106. The summed E-state index contributed by atoms with van der Waals surface area (Å²) in [4.78, 5) is 12.3. The van der Waals surface area contributed by atoms with Crippen LogP contribution in [0.3, 0.4) is 0 Å². The fourth-order valence-corrected chi connectivity index (χ4v) is 4.28. The van der Waals surface area contributed by atoms with Gasteiger partial charge in [0.15, 0.2) is 0 Å². The van der Waals surface area contributed by atoms with Crippen LogP contribution >= 0.6 is 0 Å². The predicted molar refractivity (Wildman–Crippen MR) is 102 cm³/mol. The van der Waals surface area contributed by atoms with Gasteiger partial charge in [-0.3, -0.25) is 4.90 Å². The average Bonchev–Trinajstić information content (AvgIpc) is 2.67. The van der Waals surface area contributed by atoms with Crippen LogP contribution in [0, 0.1) is 0 Å². The van der Waals surface area contributed by atoms with E-state index in [1.807, 2.05) is 18.2 Å². The number of hydrogen-bond donors (Lipinski definition) is 1. The van der Waals surface area contributed by atoms with Crippen LogP contribution in [0.5, 0.6) is 0 Å². The van der Waals surface area contributed by atoms with Gasteiger partial charge in [0.25, 0.3) is 0 Å². The van der Waals surface area contributed by atoms with Crippen molar-refractivity contribution in [3.8, 4) is 0 Å². The number of fused-ring (bicyclic) bond motifs is 1. The van der Waals surface area contributed by atoms with E-state index in [0.29, 0.717) is 6.04 Å². The first-order valence-electron chi connectivity index (χ1n) is 9.41. The molecule has 0 amide bonds. The van der Waals surface area contributed by atoms with Crippen LogP contribution < -0.4 is 4.90 Å². The Kier molecular flexibility index (Phi) is 4.88. The normalized spacial score (nSPS) is 23.3. The molecule has 25 heavy (non-hydrogen) atoms. The van der Waals surface area contributed by atoms with Gasteiger partial charge < -0.3 is 14.9 Å². The van der Waals surface area contributed by atoms with Crippen molar-refractivity contribution in [1.29, 1.82) is 0 Å². The maximum Gasteiger partial charge on any atom is 0.134 e. The van der Waals surface area contributed by atoms with Crippen LogP contribution in [-0.4, -0.2) is 72.2 Å². The molecule has 1 aromatic heterocycles. The first-order valence-corrected chi connectivity index (χ1v) is 9.41. The lowest BCUT2D eigenvalue weighted by Gasteiger charge is -2.43. The standard InChI is InChI=1S/C20H28N4O/c1-22-8-4-6-18(14-22)23-9-11-24(12-10-23)20-17(15-25)13-16-5-2-3-7-19(16)21-20/h2-3,5,7,13,18,25H,4,6,8-12,14-15H2,1H3/t18-/m1/s1. The van der Waals surface area contributed by atoms with Crippen LogP contribution in [0.15, 0.2) is 30.3 Å². The Morgan fingerprint density at radius 3 is 2.68 bits per heavy atom. The molecule has 0 bridgehead atoms. The SMILES string of the molecule is CN1CCC[C@@H](N2CCN(c3nc4ccccc4cc3CO)CC2)C1. The van der Waals surface area contributed by atoms with E-state index in [9.17, 15) is 5.11 Å². The second-order valence-electron chi connectivity index (χ2n) is 7.40. The van der Waals surface area contributed by atoms with E-state index in [2.05, 4.69) is 33.9 Å². The summed E-state index contributed by atoms with van der Waals surface area (Å²) in [6.07, 6.45) is 2.63. The molecule has 2 aliphatic rings. The lowest BCUT2D eigenvalue weighted by Crippen LogP contribution is -2.54. The molecule has 0 aliphatic carbocycles. The monoisotopic (exact) mass is 340 g/mol. The molecule has 0 radical (unpaired) electrons. The molecule has 0 spiro atoms. The fourth-order valence-electron chi connectivity index (χ4n) is 4.28. The number of benzene rings is 1. The Morgan fingerprint density at radius 1 is 1.12 bits per heavy atom. The van der Waals surface area contributed by atoms with Gasteiger partial charge in [-0.15, -0.1) is 0 Å². The highest BCUT2D eigenvalue weighted by atomic mass is 16.3. The predicted octanol–water partition coefficient (Wildman–Crippen LogP) is 1.94. The molecule has 0 unspecified atom stereocenters. The summed E-state index contributed by atoms with van der Waals surface area (Å²) in [6, 6.07) is 10.9. The smallest absolute Gasteiger partial charge is 0.134 e. The summed E-state index contributed by atoms with van der Waals surface area (Å²) < 4.78 is 0. The number of piperazine rings is 1. The number of likely N-dealkylation sites (tertiary alicyclic amines) is 1. The van der Waals surface area contributed by atoms with E-state index in [-0.39, 0.29) is 6.61 Å². The quantitative estimate of drug-likeness (QED) is 0.925. The largest absolute Gasteiger partial charge is 0.392 e. The van der Waals surface area contributed by atoms with Gasteiger partial charge in [0, 0.05) is 49.7 Å². The van der Waals surface area contributed by atoms with E-state index in [1.54, 1.807) is 0 Å². The number of aliphatic hydroxyl groups excluding tert-OH is 1. The second kappa shape index (κ2) is 7.28. The fraction of sp³-hybridized carbons (Fsp3) is 0.550.